The van der Waals surface area contributed by atoms with E-state index in [1.54, 1.807) is 36.6 Å². The van der Waals surface area contributed by atoms with E-state index in [0.29, 0.717) is 21.9 Å². The van der Waals surface area contributed by atoms with E-state index in [9.17, 15) is 13.5 Å². The van der Waals surface area contributed by atoms with Crippen LogP contribution in [0.1, 0.15) is 10.4 Å². The van der Waals surface area contributed by atoms with Crippen molar-refractivity contribution in [2.45, 2.75) is 18.4 Å². The van der Waals surface area contributed by atoms with Crippen molar-refractivity contribution < 1.29 is 18.3 Å². The van der Waals surface area contributed by atoms with Gasteiger partial charge in [-0.15, -0.1) is 11.3 Å². The van der Waals surface area contributed by atoms with Gasteiger partial charge in [0.15, 0.2) is 0 Å². The monoisotopic (exact) mass is 327 g/mol. The summed E-state index contributed by atoms with van der Waals surface area (Å²) in [6, 6.07) is 6.82. The fourth-order valence-corrected chi connectivity index (χ4v) is 4.82. The van der Waals surface area contributed by atoms with Gasteiger partial charge in [-0.2, -0.15) is 0 Å². The van der Waals surface area contributed by atoms with E-state index in [4.69, 9.17) is 4.74 Å². The number of methoxy groups -OCH3 is 1. The molecule has 7 heteroatoms. The molecule has 0 atom stereocenters. The number of aryl methyl sites for hydroxylation is 1. The van der Waals surface area contributed by atoms with Gasteiger partial charge >= 0.3 is 0 Å². The molecule has 0 radical (unpaired) electrons. The van der Waals surface area contributed by atoms with Gasteiger partial charge in [0.05, 0.1) is 24.3 Å². The van der Waals surface area contributed by atoms with Crippen LogP contribution in [0.25, 0.3) is 0 Å². The van der Waals surface area contributed by atoms with Crippen molar-refractivity contribution in [3.8, 4) is 5.75 Å². The first-order valence-electron chi connectivity index (χ1n) is 6.22. The second-order valence-corrected chi connectivity index (χ2v) is 7.37. The summed E-state index contributed by atoms with van der Waals surface area (Å²) in [5.41, 5.74) is 1.14. The summed E-state index contributed by atoms with van der Waals surface area (Å²) in [5.74, 6) is 0.582. The maximum atomic E-state index is 12.8. The number of rotatable bonds is 5. The summed E-state index contributed by atoms with van der Waals surface area (Å²) in [6.45, 7) is 1.43. The van der Waals surface area contributed by atoms with Crippen LogP contribution in [0.15, 0.2) is 34.5 Å². The molecule has 0 aliphatic carbocycles. The van der Waals surface area contributed by atoms with Crippen molar-refractivity contribution in [3.05, 3.63) is 40.1 Å². The van der Waals surface area contributed by atoms with Gasteiger partial charge in [0.25, 0.3) is 10.0 Å². The SMILES string of the molecule is COc1cccc(N(C)S(=O)(=O)c2c(C)csc2CO)c1. The van der Waals surface area contributed by atoms with Crippen molar-refractivity contribution in [3.63, 3.8) is 0 Å². The third-order valence-electron chi connectivity index (χ3n) is 3.17. The summed E-state index contributed by atoms with van der Waals surface area (Å²) >= 11 is 1.24. The number of aliphatic hydroxyl groups excluding tert-OH is 1. The van der Waals surface area contributed by atoms with E-state index >= 15 is 0 Å². The molecule has 0 aliphatic heterocycles. The van der Waals surface area contributed by atoms with Crippen molar-refractivity contribution >= 4 is 27.0 Å². The van der Waals surface area contributed by atoms with Crippen molar-refractivity contribution in [1.82, 2.24) is 0 Å². The van der Waals surface area contributed by atoms with Crippen LogP contribution in [0.5, 0.6) is 5.75 Å². The number of ether oxygens (including phenoxy) is 1. The van der Waals surface area contributed by atoms with Gasteiger partial charge in [0, 0.05) is 13.1 Å². The van der Waals surface area contributed by atoms with Crippen molar-refractivity contribution in [2.75, 3.05) is 18.5 Å². The molecule has 21 heavy (non-hydrogen) atoms. The van der Waals surface area contributed by atoms with E-state index in [2.05, 4.69) is 0 Å². The van der Waals surface area contributed by atoms with E-state index in [1.165, 1.54) is 29.8 Å². The molecule has 1 N–H and O–H groups in total. The summed E-state index contributed by atoms with van der Waals surface area (Å²) in [7, 11) is -0.702. The Labute approximate surface area is 128 Å². The van der Waals surface area contributed by atoms with Gasteiger partial charge in [-0.1, -0.05) is 6.07 Å². The zero-order chi connectivity index (χ0) is 15.6. The molecule has 0 saturated heterocycles. The minimum atomic E-state index is -3.72. The topological polar surface area (TPSA) is 66.8 Å². The van der Waals surface area contributed by atoms with Crippen LogP contribution in [0, 0.1) is 6.92 Å². The van der Waals surface area contributed by atoms with Crippen LogP contribution < -0.4 is 9.04 Å². The predicted molar refractivity (Wildman–Crippen MR) is 83.6 cm³/mol. The Bertz CT molecular complexity index is 737. The number of nitrogens with zero attached hydrogens (tertiary/aromatic N) is 1. The number of benzene rings is 1. The van der Waals surface area contributed by atoms with E-state index < -0.39 is 10.0 Å². The van der Waals surface area contributed by atoms with Gasteiger partial charge in [0.1, 0.15) is 10.6 Å². The van der Waals surface area contributed by atoms with E-state index in [1.807, 2.05) is 0 Å². The van der Waals surface area contributed by atoms with E-state index in [-0.39, 0.29) is 11.5 Å². The highest BCUT2D eigenvalue weighted by Crippen LogP contribution is 2.32. The normalized spacial score (nSPS) is 11.4. The minimum absolute atomic E-state index is 0.181. The molecule has 2 aromatic rings. The van der Waals surface area contributed by atoms with Crippen LogP contribution in [-0.4, -0.2) is 27.7 Å². The molecule has 0 amide bonds. The second-order valence-electron chi connectivity index (χ2n) is 4.50. The number of hydrogen-bond acceptors (Lipinski definition) is 5. The number of aliphatic hydroxyl groups is 1. The Hall–Kier alpha value is -1.57. The highest BCUT2D eigenvalue weighted by Gasteiger charge is 2.27. The molecular weight excluding hydrogens is 310 g/mol. The summed E-state index contributed by atoms with van der Waals surface area (Å²) in [6.07, 6.45) is 0. The lowest BCUT2D eigenvalue weighted by molar-refractivity contribution is 0.282. The van der Waals surface area contributed by atoms with E-state index in [0.717, 1.165) is 0 Å². The number of anilines is 1. The smallest absolute Gasteiger partial charge is 0.265 e. The highest BCUT2D eigenvalue weighted by molar-refractivity contribution is 7.93. The van der Waals surface area contributed by atoms with Gasteiger partial charge in [-0.05, 0) is 30.0 Å². The molecule has 0 bridgehead atoms. The standard InChI is InChI=1S/C14H17NO4S2/c1-10-9-20-13(8-16)14(10)21(17,18)15(2)11-5-4-6-12(7-11)19-3/h4-7,9,16H,8H2,1-3H3. The Morgan fingerprint density at radius 2 is 2.10 bits per heavy atom. The summed E-state index contributed by atoms with van der Waals surface area (Å²) in [4.78, 5) is 0.627. The zero-order valence-electron chi connectivity index (χ0n) is 12.0. The molecule has 0 saturated carbocycles. The lowest BCUT2D eigenvalue weighted by Gasteiger charge is -2.20. The maximum Gasteiger partial charge on any atom is 0.265 e. The highest BCUT2D eigenvalue weighted by atomic mass is 32.2. The summed E-state index contributed by atoms with van der Waals surface area (Å²) < 4.78 is 31.9. The van der Waals surface area contributed by atoms with Gasteiger partial charge in [0.2, 0.25) is 0 Å². The molecule has 2 rings (SSSR count). The third-order valence-corrected chi connectivity index (χ3v) is 6.40. The Morgan fingerprint density at radius 1 is 1.38 bits per heavy atom. The van der Waals surface area contributed by atoms with Crippen LogP contribution in [0.2, 0.25) is 0 Å². The Kier molecular flexibility index (Phi) is 4.55. The van der Waals surface area contributed by atoms with Crippen molar-refractivity contribution in [1.29, 1.82) is 0 Å². The molecule has 0 unspecified atom stereocenters. The first kappa shape index (κ1) is 15.8. The predicted octanol–water partition coefficient (Wildman–Crippen LogP) is 2.38. The fraction of sp³-hybridized carbons (Fsp3) is 0.286. The fourth-order valence-electron chi connectivity index (χ4n) is 2.02. The van der Waals surface area contributed by atoms with Gasteiger partial charge in [-0.25, -0.2) is 8.42 Å². The largest absolute Gasteiger partial charge is 0.497 e. The lowest BCUT2D eigenvalue weighted by Crippen LogP contribution is -2.27. The van der Waals surface area contributed by atoms with Gasteiger partial charge in [-0.3, -0.25) is 4.31 Å². The van der Waals surface area contributed by atoms with Gasteiger partial charge < -0.3 is 9.84 Å². The molecule has 0 aliphatic rings. The number of sulfonamides is 1. The Balaban J connectivity index is 2.50. The molecule has 1 aromatic carbocycles. The molecule has 1 heterocycles. The summed E-state index contributed by atoms with van der Waals surface area (Å²) in [5, 5.41) is 11.1. The van der Waals surface area contributed by atoms with Crippen LogP contribution in [-0.2, 0) is 16.6 Å². The molecule has 0 fully saturated rings. The first-order chi connectivity index (χ1) is 9.91. The maximum absolute atomic E-state index is 12.8. The second kappa shape index (κ2) is 6.05. The van der Waals surface area contributed by atoms with Crippen LogP contribution in [0.4, 0.5) is 5.69 Å². The average molecular weight is 327 g/mol. The number of thiophene rings is 1. The molecule has 114 valence electrons. The lowest BCUT2D eigenvalue weighted by atomic mass is 10.3. The first-order valence-corrected chi connectivity index (χ1v) is 8.54. The molecular formula is C14H17NO4S2. The molecule has 5 nitrogen and oxygen atoms in total. The van der Waals surface area contributed by atoms with Crippen LogP contribution >= 0.6 is 11.3 Å². The quantitative estimate of drug-likeness (QED) is 0.915. The zero-order valence-corrected chi connectivity index (χ0v) is 13.7. The molecule has 0 spiro atoms. The van der Waals surface area contributed by atoms with Crippen LogP contribution in [0.3, 0.4) is 0 Å². The Morgan fingerprint density at radius 3 is 2.71 bits per heavy atom. The minimum Gasteiger partial charge on any atom is -0.497 e. The number of hydrogen-bond donors (Lipinski definition) is 1. The average Bonchev–Trinajstić information content (AvgIpc) is 2.88. The molecule has 1 aromatic heterocycles. The van der Waals surface area contributed by atoms with Crippen molar-refractivity contribution in [2.24, 2.45) is 0 Å². The third kappa shape index (κ3) is 2.90.